The Kier molecular flexibility index (Phi) is 5.58. The molecule has 0 aliphatic rings. The normalized spacial score (nSPS) is 12.4. The first-order valence-electron chi connectivity index (χ1n) is 7.57. The van der Waals surface area contributed by atoms with Crippen molar-refractivity contribution in [3.8, 4) is 0 Å². The highest BCUT2D eigenvalue weighted by Crippen LogP contribution is 2.21. The molecular formula is C18H19NO5S. The molecule has 0 fully saturated rings. The highest BCUT2D eigenvalue weighted by molar-refractivity contribution is 7.90. The first-order chi connectivity index (χ1) is 11.7. The van der Waals surface area contributed by atoms with Crippen molar-refractivity contribution < 1.29 is 23.1 Å². The van der Waals surface area contributed by atoms with Gasteiger partial charge < -0.3 is 10.4 Å². The molecule has 0 radical (unpaired) electrons. The summed E-state index contributed by atoms with van der Waals surface area (Å²) in [6.45, 7) is 1.90. The Morgan fingerprint density at radius 3 is 2.24 bits per heavy atom. The van der Waals surface area contributed by atoms with Crippen molar-refractivity contribution in [3.05, 3.63) is 65.2 Å². The molecular weight excluding hydrogens is 342 g/mol. The maximum atomic E-state index is 12.6. The fraction of sp³-hybridized carbons (Fsp3) is 0.222. The van der Waals surface area contributed by atoms with E-state index in [1.807, 2.05) is 19.1 Å². The number of amides is 1. The van der Waals surface area contributed by atoms with Gasteiger partial charge in [0.2, 0.25) is 0 Å². The lowest BCUT2D eigenvalue weighted by molar-refractivity contribution is -0.137. The van der Waals surface area contributed by atoms with Gasteiger partial charge in [-0.25, -0.2) is 8.42 Å². The average Bonchev–Trinajstić information content (AvgIpc) is 2.53. The van der Waals surface area contributed by atoms with E-state index < -0.39 is 27.8 Å². The zero-order chi connectivity index (χ0) is 18.6. The second-order valence-corrected chi connectivity index (χ2v) is 7.79. The quantitative estimate of drug-likeness (QED) is 0.822. The van der Waals surface area contributed by atoms with E-state index in [0.717, 1.165) is 11.8 Å². The van der Waals surface area contributed by atoms with E-state index in [1.54, 1.807) is 18.2 Å². The molecule has 0 aromatic heterocycles. The van der Waals surface area contributed by atoms with E-state index in [2.05, 4.69) is 5.32 Å². The smallest absolute Gasteiger partial charge is 0.305 e. The van der Waals surface area contributed by atoms with Gasteiger partial charge in [-0.3, -0.25) is 9.59 Å². The van der Waals surface area contributed by atoms with Gasteiger partial charge >= 0.3 is 5.97 Å². The molecule has 1 unspecified atom stereocenters. The Bertz CT molecular complexity index is 888. The number of aryl methyl sites for hydroxylation is 1. The van der Waals surface area contributed by atoms with Gasteiger partial charge in [-0.1, -0.05) is 42.0 Å². The number of aliphatic carboxylic acids is 1. The number of hydrogen-bond donors (Lipinski definition) is 2. The van der Waals surface area contributed by atoms with E-state index in [1.165, 1.54) is 18.2 Å². The number of rotatable bonds is 6. The number of carbonyl (C=O) groups excluding carboxylic acids is 1. The van der Waals surface area contributed by atoms with E-state index >= 15 is 0 Å². The standard InChI is InChI=1S/C18H19NO5S/c1-12-7-9-13(10-8-12)15(11-17(20)21)19-18(22)14-5-3-4-6-16(14)25(2,23)24/h3-10,15H,11H2,1-2H3,(H,19,22)(H,20,21). The zero-order valence-corrected chi connectivity index (χ0v) is 14.7. The molecule has 1 atom stereocenters. The van der Waals surface area contributed by atoms with Crippen LogP contribution in [0.1, 0.15) is 33.9 Å². The summed E-state index contributed by atoms with van der Waals surface area (Å²) in [6, 6.07) is 12.2. The van der Waals surface area contributed by atoms with Gasteiger partial charge in [-0.15, -0.1) is 0 Å². The molecule has 0 heterocycles. The van der Waals surface area contributed by atoms with E-state index in [0.29, 0.717) is 5.56 Å². The molecule has 0 saturated carbocycles. The molecule has 7 heteroatoms. The summed E-state index contributed by atoms with van der Waals surface area (Å²) in [7, 11) is -3.58. The first kappa shape index (κ1) is 18.7. The van der Waals surface area contributed by atoms with Gasteiger partial charge in [0.05, 0.1) is 22.9 Å². The molecule has 0 aliphatic carbocycles. The summed E-state index contributed by atoms with van der Waals surface area (Å²) in [6.07, 6.45) is 0.712. The van der Waals surface area contributed by atoms with Crippen molar-refractivity contribution >= 4 is 21.7 Å². The van der Waals surface area contributed by atoms with Crippen LogP contribution in [0.4, 0.5) is 0 Å². The van der Waals surface area contributed by atoms with Crippen molar-refractivity contribution in [3.63, 3.8) is 0 Å². The van der Waals surface area contributed by atoms with Crippen molar-refractivity contribution in [1.29, 1.82) is 0 Å². The minimum atomic E-state index is -3.58. The molecule has 6 nitrogen and oxygen atoms in total. The lowest BCUT2D eigenvalue weighted by Gasteiger charge is -2.18. The van der Waals surface area contributed by atoms with Crippen LogP contribution in [0.5, 0.6) is 0 Å². The lowest BCUT2D eigenvalue weighted by atomic mass is 10.0. The number of carbonyl (C=O) groups is 2. The summed E-state index contributed by atoms with van der Waals surface area (Å²) in [5.74, 6) is -1.70. The lowest BCUT2D eigenvalue weighted by Crippen LogP contribution is -2.31. The van der Waals surface area contributed by atoms with Gasteiger partial charge in [0.25, 0.3) is 5.91 Å². The fourth-order valence-electron chi connectivity index (χ4n) is 2.44. The molecule has 2 rings (SSSR count). The molecule has 0 saturated heterocycles. The molecule has 0 aliphatic heterocycles. The summed E-state index contributed by atoms with van der Waals surface area (Å²) >= 11 is 0. The van der Waals surface area contributed by atoms with Crippen LogP contribution in [0, 0.1) is 6.92 Å². The van der Waals surface area contributed by atoms with Crippen molar-refractivity contribution in [1.82, 2.24) is 5.32 Å². The molecule has 25 heavy (non-hydrogen) atoms. The fourth-order valence-corrected chi connectivity index (χ4v) is 3.33. The monoisotopic (exact) mass is 361 g/mol. The summed E-state index contributed by atoms with van der Waals surface area (Å²) in [4.78, 5) is 23.6. The van der Waals surface area contributed by atoms with Gasteiger partial charge in [0.1, 0.15) is 0 Å². The van der Waals surface area contributed by atoms with Crippen LogP contribution < -0.4 is 5.32 Å². The summed E-state index contributed by atoms with van der Waals surface area (Å²) in [5.41, 5.74) is 1.64. The van der Waals surface area contributed by atoms with Crippen molar-refractivity contribution in [2.75, 3.05) is 6.26 Å². The maximum Gasteiger partial charge on any atom is 0.305 e. The Hall–Kier alpha value is -2.67. The van der Waals surface area contributed by atoms with Crippen molar-refractivity contribution in [2.45, 2.75) is 24.3 Å². The van der Waals surface area contributed by atoms with Crippen molar-refractivity contribution in [2.24, 2.45) is 0 Å². The molecule has 2 aromatic carbocycles. The Labute approximate surface area is 146 Å². The molecule has 2 N–H and O–H groups in total. The Morgan fingerprint density at radius 2 is 1.68 bits per heavy atom. The maximum absolute atomic E-state index is 12.6. The topological polar surface area (TPSA) is 101 Å². The first-order valence-corrected chi connectivity index (χ1v) is 9.46. The highest BCUT2D eigenvalue weighted by atomic mass is 32.2. The second kappa shape index (κ2) is 7.48. The predicted molar refractivity (Wildman–Crippen MR) is 93.2 cm³/mol. The van der Waals surface area contributed by atoms with E-state index in [4.69, 9.17) is 5.11 Å². The van der Waals surface area contributed by atoms with Crippen LogP contribution in [-0.4, -0.2) is 31.7 Å². The molecule has 0 bridgehead atoms. The Morgan fingerprint density at radius 1 is 1.08 bits per heavy atom. The number of carboxylic acid groups (broad SMARTS) is 1. The molecule has 0 spiro atoms. The van der Waals surface area contributed by atoms with Crippen LogP contribution >= 0.6 is 0 Å². The number of nitrogens with one attached hydrogen (secondary N) is 1. The highest BCUT2D eigenvalue weighted by Gasteiger charge is 2.23. The third-order valence-electron chi connectivity index (χ3n) is 3.69. The molecule has 1 amide bonds. The third-order valence-corrected chi connectivity index (χ3v) is 4.85. The number of sulfone groups is 1. The average molecular weight is 361 g/mol. The van der Waals surface area contributed by atoms with Crippen LogP contribution in [0.15, 0.2) is 53.4 Å². The molecule has 132 valence electrons. The van der Waals surface area contributed by atoms with E-state index in [-0.39, 0.29) is 16.9 Å². The summed E-state index contributed by atoms with van der Waals surface area (Å²) < 4.78 is 23.7. The zero-order valence-electron chi connectivity index (χ0n) is 13.9. The Balaban J connectivity index is 2.35. The predicted octanol–water partition coefficient (Wildman–Crippen LogP) is 2.34. The van der Waals surface area contributed by atoms with Gasteiger partial charge in [0.15, 0.2) is 9.84 Å². The van der Waals surface area contributed by atoms with Crippen LogP contribution in [-0.2, 0) is 14.6 Å². The minimum absolute atomic E-state index is 0.00694. The number of carboxylic acids is 1. The van der Waals surface area contributed by atoms with Gasteiger partial charge in [-0.2, -0.15) is 0 Å². The largest absolute Gasteiger partial charge is 0.481 e. The SMILES string of the molecule is Cc1ccc(C(CC(=O)O)NC(=O)c2ccccc2S(C)(=O)=O)cc1. The van der Waals surface area contributed by atoms with Gasteiger partial charge in [-0.05, 0) is 24.6 Å². The number of hydrogen-bond acceptors (Lipinski definition) is 4. The van der Waals surface area contributed by atoms with Crippen LogP contribution in [0.3, 0.4) is 0 Å². The second-order valence-electron chi connectivity index (χ2n) is 5.80. The molecule has 2 aromatic rings. The van der Waals surface area contributed by atoms with Crippen LogP contribution in [0.25, 0.3) is 0 Å². The van der Waals surface area contributed by atoms with Gasteiger partial charge in [0, 0.05) is 6.26 Å². The number of benzene rings is 2. The van der Waals surface area contributed by atoms with Crippen LogP contribution in [0.2, 0.25) is 0 Å². The summed E-state index contributed by atoms with van der Waals surface area (Å²) in [5, 5.41) is 11.7. The third kappa shape index (κ3) is 4.90. The van der Waals surface area contributed by atoms with E-state index in [9.17, 15) is 18.0 Å². The minimum Gasteiger partial charge on any atom is -0.481 e.